The normalized spacial score (nSPS) is 15.6. The number of pyridine rings is 3. The van der Waals surface area contributed by atoms with Crippen molar-refractivity contribution in [3.63, 3.8) is 0 Å². The first kappa shape index (κ1) is 26.3. The Hall–Kier alpha value is -4.36. The van der Waals surface area contributed by atoms with Crippen molar-refractivity contribution in [2.24, 2.45) is 0 Å². The zero-order valence-electron chi connectivity index (χ0n) is 22.1. The van der Waals surface area contributed by atoms with Crippen molar-refractivity contribution in [1.82, 2.24) is 19.9 Å². The Balaban J connectivity index is 2.00. The minimum Gasteiger partial charge on any atom is -0.507 e. The van der Waals surface area contributed by atoms with Gasteiger partial charge in [-0.1, -0.05) is 19.9 Å². The number of hydrogen-bond acceptors (Lipinski definition) is 7. The maximum Gasteiger partial charge on any atom is 0.276 e. The number of aromatic nitrogens is 3. The molecule has 39 heavy (non-hydrogen) atoms. The first-order valence-corrected chi connectivity index (χ1v) is 12.8. The molecule has 4 heterocycles. The van der Waals surface area contributed by atoms with Gasteiger partial charge in [-0.15, -0.1) is 0 Å². The van der Waals surface area contributed by atoms with Crippen LogP contribution in [0.1, 0.15) is 43.5 Å². The third-order valence-corrected chi connectivity index (χ3v) is 7.13. The zero-order chi connectivity index (χ0) is 28.0. The van der Waals surface area contributed by atoms with E-state index in [1.807, 2.05) is 32.6 Å². The molecule has 1 aliphatic rings. The summed E-state index contributed by atoms with van der Waals surface area (Å²) in [5.41, 5.74) is 0.415. The average molecular weight is 531 g/mol. The average Bonchev–Trinajstić information content (AvgIpc) is 2.89. The predicted octanol–water partition coefficient (Wildman–Crippen LogP) is 4.53. The number of aryl methyl sites for hydroxylation is 1. The molecule has 1 fully saturated rings. The van der Waals surface area contributed by atoms with Gasteiger partial charge in [0.2, 0.25) is 0 Å². The Kier molecular flexibility index (Phi) is 6.78. The summed E-state index contributed by atoms with van der Waals surface area (Å²) < 4.78 is 32.0. The Bertz CT molecular complexity index is 1690. The number of benzene rings is 1. The number of piperazine rings is 1. The van der Waals surface area contributed by atoms with Crippen LogP contribution >= 0.6 is 0 Å². The molecule has 0 unspecified atom stereocenters. The van der Waals surface area contributed by atoms with Crippen LogP contribution in [0.2, 0.25) is 0 Å². The van der Waals surface area contributed by atoms with Crippen LogP contribution < -0.4 is 15.8 Å². The van der Waals surface area contributed by atoms with Crippen LogP contribution in [-0.4, -0.2) is 45.3 Å². The van der Waals surface area contributed by atoms with E-state index in [0.717, 1.165) is 6.07 Å². The highest BCUT2D eigenvalue weighted by atomic mass is 19.1. The summed E-state index contributed by atoms with van der Waals surface area (Å²) >= 11 is 0. The van der Waals surface area contributed by atoms with Crippen LogP contribution in [0.25, 0.3) is 28.0 Å². The van der Waals surface area contributed by atoms with E-state index in [1.165, 1.54) is 22.8 Å². The fourth-order valence-electron chi connectivity index (χ4n) is 5.25. The van der Waals surface area contributed by atoms with Gasteiger partial charge < -0.3 is 15.3 Å². The van der Waals surface area contributed by atoms with Crippen LogP contribution in [0.3, 0.4) is 0 Å². The lowest BCUT2D eigenvalue weighted by Gasteiger charge is -2.37. The van der Waals surface area contributed by atoms with Crippen molar-refractivity contribution in [2.45, 2.75) is 39.7 Å². The summed E-state index contributed by atoms with van der Waals surface area (Å²) in [4.78, 5) is 25.1. The van der Waals surface area contributed by atoms with Gasteiger partial charge in [-0.3, -0.25) is 14.3 Å². The van der Waals surface area contributed by atoms with E-state index < -0.39 is 34.2 Å². The lowest BCUT2D eigenvalue weighted by molar-refractivity contribution is 0.470. The first-order valence-electron chi connectivity index (χ1n) is 12.8. The second-order valence-electron chi connectivity index (χ2n) is 10.1. The summed E-state index contributed by atoms with van der Waals surface area (Å²) in [5, 5.41) is 24.2. The fourth-order valence-corrected chi connectivity index (χ4v) is 5.25. The molecule has 0 bridgehead atoms. The second kappa shape index (κ2) is 10.1. The van der Waals surface area contributed by atoms with E-state index in [0.29, 0.717) is 36.6 Å². The van der Waals surface area contributed by atoms with Crippen LogP contribution in [0.15, 0.2) is 41.3 Å². The first-order chi connectivity index (χ1) is 18.6. The lowest BCUT2D eigenvalue weighted by Crippen LogP contribution is -2.50. The van der Waals surface area contributed by atoms with Crippen LogP contribution in [0.4, 0.5) is 14.5 Å². The summed E-state index contributed by atoms with van der Waals surface area (Å²) in [6, 6.07) is 8.53. The van der Waals surface area contributed by atoms with Gasteiger partial charge in [0, 0.05) is 37.3 Å². The van der Waals surface area contributed by atoms with Gasteiger partial charge in [0.05, 0.1) is 22.6 Å². The van der Waals surface area contributed by atoms with E-state index >= 15 is 4.39 Å². The maximum atomic E-state index is 15.8. The molecule has 3 aromatic heterocycles. The topological polar surface area (TPSA) is 107 Å². The quantitative estimate of drug-likeness (QED) is 0.399. The van der Waals surface area contributed by atoms with E-state index in [2.05, 4.69) is 21.4 Å². The number of anilines is 1. The lowest BCUT2D eigenvalue weighted by atomic mass is 10.0. The molecule has 0 saturated carbocycles. The van der Waals surface area contributed by atoms with E-state index in [-0.39, 0.29) is 34.2 Å². The van der Waals surface area contributed by atoms with Gasteiger partial charge >= 0.3 is 0 Å². The van der Waals surface area contributed by atoms with E-state index in [4.69, 9.17) is 0 Å². The minimum atomic E-state index is -0.895. The van der Waals surface area contributed by atoms with Crippen LogP contribution in [-0.2, 0) is 0 Å². The second-order valence-corrected chi connectivity index (χ2v) is 10.1. The van der Waals surface area contributed by atoms with Crippen molar-refractivity contribution in [1.29, 1.82) is 5.26 Å². The monoisotopic (exact) mass is 530 g/mol. The highest BCUT2D eigenvalue weighted by Gasteiger charge is 2.30. The molecule has 0 spiro atoms. The van der Waals surface area contributed by atoms with E-state index in [9.17, 15) is 19.6 Å². The van der Waals surface area contributed by atoms with Gasteiger partial charge in [-0.2, -0.15) is 5.26 Å². The molecule has 0 radical (unpaired) electrons. The molecule has 1 aromatic carbocycles. The molecule has 10 heteroatoms. The van der Waals surface area contributed by atoms with Crippen LogP contribution in [0, 0.1) is 29.9 Å². The number of fused-ring (bicyclic) bond motifs is 1. The molecule has 0 aliphatic carbocycles. The van der Waals surface area contributed by atoms with Crippen molar-refractivity contribution in [3.8, 4) is 28.8 Å². The van der Waals surface area contributed by atoms with Crippen molar-refractivity contribution >= 4 is 16.7 Å². The highest BCUT2D eigenvalue weighted by Crippen LogP contribution is 2.38. The zero-order valence-corrected chi connectivity index (χ0v) is 22.1. The molecule has 1 aliphatic heterocycles. The number of halogens is 2. The SMILES string of the molecule is Cc1ccnc(C(C)C)c1-n1c(=O)c(C#N)c(N2CCNC[C@@H]2C)c2cc(F)c(-c3c(O)cccc3F)nc21. The molecule has 1 saturated heterocycles. The molecular formula is C29H28F2N6O2. The standard InChI is InChI=1S/C29H28F2N6O2/c1-15(2)24-26(16(3)8-9-34-24)37-28-18(12-21(31)25(35-28)23-20(30)6-5-7-22(23)38)27(19(13-32)29(37)39)36-11-10-33-14-17(36)4/h5-9,12,15,17,33,38H,10-11,14H2,1-4H3/t17-/m0/s1. The number of nitrogens with zero attached hydrogens (tertiary/aromatic N) is 5. The van der Waals surface area contributed by atoms with Gasteiger partial charge in [0.25, 0.3) is 5.56 Å². The number of rotatable bonds is 4. The van der Waals surface area contributed by atoms with Gasteiger partial charge in [0.1, 0.15) is 28.9 Å². The molecule has 1 atom stereocenters. The minimum absolute atomic E-state index is 0.0387. The molecule has 5 rings (SSSR count). The van der Waals surface area contributed by atoms with Gasteiger partial charge in [-0.05, 0) is 49.6 Å². The molecule has 4 aromatic rings. The number of phenolic OH excluding ortho intramolecular Hbond substituents is 1. The molecule has 8 nitrogen and oxygen atoms in total. The number of hydrogen-bond donors (Lipinski definition) is 2. The summed E-state index contributed by atoms with van der Waals surface area (Å²) in [5.74, 6) is -2.34. The third-order valence-electron chi connectivity index (χ3n) is 7.13. The summed E-state index contributed by atoms with van der Waals surface area (Å²) in [7, 11) is 0. The molecule has 2 N–H and O–H groups in total. The Labute approximate surface area is 224 Å². The Morgan fingerprint density at radius 3 is 2.64 bits per heavy atom. The smallest absolute Gasteiger partial charge is 0.276 e. The van der Waals surface area contributed by atoms with Crippen molar-refractivity contribution < 1.29 is 13.9 Å². The Morgan fingerprint density at radius 1 is 1.21 bits per heavy atom. The van der Waals surface area contributed by atoms with E-state index in [1.54, 1.807) is 12.3 Å². The van der Waals surface area contributed by atoms with Gasteiger partial charge in [0.15, 0.2) is 11.5 Å². The summed E-state index contributed by atoms with van der Waals surface area (Å²) in [6.45, 7) is 9.30. The van der Waals surface area contributed by atoms with Crippen molar-refractivity contribution in [3.05, 3.63) is 75.3 Å². The largest absolute Gasteiger partial charge is 0.507 e. The summed E-state index contributed by atoms with van der Waals surface area (Å²) in [6.07, 6.45) is 1.64. The maximum absolute atomic E-state index is 15.8. The van der Waals surface area contributed by atoms with Crippen molar-refractivity contribution in [2.75, 3.05) is 24.5 Å². The number of nitrogens with one attached hydrogen (secondary N) is 1. The fraction of sp³-hybridized carbons (Fsp3) is 0.310. The van der Waals surface area contributed by atoms with Gasteiger partial charge in [-0.25, -0.2) is 13.8 Å². The Morgan fingerprint density at radius 2 is 1.97 bits per heavy atom. The van der Waals surface area contributed by atoms with Crippen LogP contribution in [0.5, 0.6) is 5.75 Å². The number of nitriles is 1. The number of aromatic hydroxyl groups is 1. The third kappa shape index (κ3) is 4.29. The number of phenols is 1. The molecule has 200 valence electrons. The highest BCUT2D eigenvalue weighted by molar-refractivity contribution is 5.95. The molecule has 0 amide bonds. The molecular weight excluding hydrogens is 502 g/mol. The predicted molar refractivity (Wildman–Crippen MR) is 145 cm³/mol.